The smallest absolute Gasteiger partial charge is 0.220 e. The van der Waals surface area contributed by atoms with Crippen LogP contribution < -0.4 is 11.1 Å². The van der Waals surface area contributed by atoms with Gasteiger partial charge in [0.05, 0.1) is 0 Å². The molecule has 0 spiro atoms. The van der Waals surface area contributed by atoms with Crippen molar-refractivity contribution in [1.82, 2.24) is 5.32 Å². The highest BCUT2D eigenvalue weighted by Crippen LogP contribution is 2.27. The molecule has 0 saturated heterocycles. The van der Waals surface area contributed by atoms with Crippen LogP contribution in [0.25, 0.3) is 0 Å². The summed E-state index contributed by atoms with van der Waals surface area (Å²) in [5, 5.41) is 3.09. The minimum atomic E-state index is 0.165. The molecule has 2 atom stereocenters. The zero-order chi connectivity index (χ0) is 13.8. The molecule has 0 aromatic carbocycles. The van der Waals surface area contributed by atoms with Crippen LogP contribution in [0.5, 0.6) is 0 Å². The molecule has 0 heterocycles. The monoisotopic (exact) mass is 254 g/mol. The summed E-state index contributed by atoms with van der Waals surface area (Å²) in [6, 6.07) is 0.309. The van der Waals surface area contributed by atoms with Gasteiger partial charge >= 0.3 is 0 Å². The predicted molar refractivity (Wildman–Crippen MR) is 76.2 cm³/mol. The zero-order valence-corrected chi connectivity index (χ0v) is 12.5. The molecular weight excluding hydrogens is 224 g/mol. The van der Waals surface area contributed by atoms with Gasteiger partial charge in [0.1, 0.15) is 0 Å². The van der Waals surface area contributed by atoms with Crippen molar-refractivity contribution in [3.05, 3.63) is 0 Å². The average Bonchev–Trinajstić information content (AvgIpc) is 2.26. The summed E-state index contributed by atoms with van der Waals surface area (Å²) in [7, 11) is 0. The van der Waals surface area contributed by atoms with E-state index >= 15 is 0 Å². The molecule has 1 amide bonds. The van der Waals surface area contributed by atoms with E-state index in [-0.39, 0.29) is 11.3 Å². The first kappa shape index (κ1) is 15.5. The number of carbonyl (C=O) groups is 1. The molecule has 106 valence electrons. The third-order valence-corrected chi connectivity index (χ3v) is 4.60. The lowest BCUT2D eigenvalue weighted by molar-refractivity contribution is -0.122. The Morgan fingerprint density at radius 3 is 2.61 bits per heavy atom. The van der Waals surface area contributed by atoms with Gasteiger partial charge in [0.2, 0.25) is 5.91 Å². The fraction of sp³-hybridized carbons (Fsp3) is 0.933. The maximum Gasteiger partial charge on any atom is 0.220 e. The van der Waals surface area contributed by atoms with Crippen molar-refractivity contribution in [2.24, 2.45) is 23.0 Å². The molecule has 1 aliphatic carbocycles. The van der Waals surface area contributed by atoms with Crippen molar-refractivity contribution in [3.8, 4) is 0 Å². The summed E-state index contributed by atoms with van der Waals surface area (Å²) in [5.74, 6) is 1.26. The van der Waals surface area contributed by atoms with Gasteiger partial charge in [0.25, 0.3) is 0 Å². The molecule has 1 rings (SSSR count). The van der Waals surface area contributed by atoms with Crippen LogP contribution in [0, 0.1) is 17.3 Å². The molecule has 0 aromatic heterocycles. The number of nitrogens with one attached hydrogen (secondary N) is 1. The number of carbonyl (C=O) groups excluding carboxylic acids is 1. The van der Waals surface area contributed by atoms with Gasteiger partial charge in [-0.1, -0.05) is 34.1 Å². The van der Waals surface area contributed by atoms with E-state index in [1.54, 1.807) is 0 Å². The highest BCUT2D eigenvalue weighted by Gasteiger charge is 2.25. The highest BCUT2D eigenvalue weighted by atomic mass is 16.1. The van der Waals surface area contributed by atoms with E-state index in [1.165, 1.54) is 6.42 Å². The van der Waals surface area contributed by atoms with Crippen molar-refractivity contribution in [2.45, 2.75) is 65.8 Å². The van der Waals surface area contributed by atoms with E-state index in [0.29, 0.717) is 24.3 Å². The molecule has 1 aliphatic rings. The molecule has 0 bridgehead atoms. The second-order valence-electron chi connectivity index (χ2n) is 6.92. The number of hydrogen-bond donors (Lipinski definition) is 2. The van der Waals surface area contributed by atoms with Gasteiger partial charge in [-0.2, -0.15) is 0 Å². The number of nitrogens with two attached hydrogens (primary N) is 1. The molecule has 1 fully saturated rings. The van der Waals surface area contributed by atoms with Crippen molar-refractivity contribution < 1.29 is 4.79 Å². The SMILES string of the molecule is CC(C)C(C)(C)CNC(=O)CC1CCCC(N)C1. The van der Waals surface area contributed by atoms with Gasteiger partial charge in [-0.3, -0.25) is 4.79 Å². The van der Waals surface area contributed by atoms with E-state index < -0.39 is 0 Å². The summed E-state index contributed by atoms with van der Waals surface area (Å²) in [5.41, 5.74) is 6.12. The largest absolute Gasteiger partial charge is 0.356 e. The zero-order valence-electron chi connectivity index (χ0n) is 12.5. The van der Waals surface area contributed by atoms with Crippen LogP contribution in [0.15, 0.2) is 0 Å². The molecule has 0 radical (unpaired) electrons. The number of rotatable bonds is 5. The molecule has 0 aromatic rings. The van der Waals surface area contributed by atoms with Crippen LogP contribution >= 0.6 is 0 Å². The number of hydrogen-bond acceptors (Lipinski definition) is 2. The molecular formula is C15H30N2O. The Kier molecular flexibility index (Phi) is 5.64. The van der Waals surface area contributed by atoms with Crippen LogP contribution in [-0.2, 0) is 4.79 Å². The van der Waals surface area contributed by atoms with Gasteiger partial charge in [-0.15, -0.1) is 0 Å². The van der Waals surface area contributed by atoms with Gasteiger partial charge < -0.3 is 11.1 Å². The standard InChI is InChI=1S/C15H30N2O/c1-11(2)15(3,4)10-17-14(18)9-12-6-5-7-13(16)8-12/h11-13H,5-10,16H2,1-4H3,(H,17,18). The van der Waals surface area contributed by atoms with Crippen LogP contribution in [0.2, 0.25) is 0 Å². The molecule has 18 heavy (non-hydrogen) atoms. The summed E-state index contributed by atoms with van der Waals surface area (Å²) >= 11 is 0. The molecule has 0 aliphatic heterocycles. The lowest BCUT2D eigenvalue weighted by Gasteiger charge is -2.30. The lowest BCUT2D eigenvalue weighted by Crippen LogP contribution is -2.38. The Balaban J connectivity index is 2.29. The van der Waals surface area contributed by atoms with Crippen molar-refractivity contribution >= 4 is 5.91 Å². The van der Waals surface area contributed by atoms with Crippen molar-refractivity contribution in [2.75, 3.05) is 6.54 Å². The van der Waals surface area contributed by atoms with Crippen LogP contribution in [0.1, 0.15) is 59.8 Å². The molecule has 3 N–H and O–H groups in total. The Morgan fingerprint density at radius 1 is 1.39 bits per heavy atom. The van der Waals surface area contributed by atoms with Crippen LogP contribution in [0.4, 0.5) is 0 Å². The topological polar surface area (TPSA) is 55.1 Å². The minimum Gasteiger partial charge on any atom is -0.356 e. The predicted octanol–water partition coefficient (Wildman–Crippen LogP) is 2.69. The summed E-state index contributed by atoms with van der Waals surface area (Å²) < 4.78 is 0. The summed E-state index contributed by atoms with van der Waals surface area (Å²) in [6.07, 6.45) is 5.13. The van der Waals surface area contributed by atoms with Gasteiger partial charge in [0, 0.05) is 19.0 Å². The Labute approximate surface area is 112 Å². The Morgan fingerprint density at radius 2 is 2.06 bits per heavy atom. The quantitative estimate of drug-likeness (QED) is 0.792. The number of amides is 1. The van der Waals surface area contributed by atoms with Crippen molar-refractivity contribution in [1.29, 1.82) is 0 Å². The third-order valence-electron chi connectivity index (χ3n) is 4.60. The first-order valence-electron chi connectivity index (χ1n) is 7.33. The minimum absolute atomic E-state index is 0.165. The Hall–Kier alpha value is -0.570. The first-order chi connectivity index (χ1) is 8.31. The molecule has 1 saturated carbocycles. The van der Waals surface area contributed by atoms with E-state index in [2.05, 4.69) is 33.0 Å². The summed E-state index contributed by atoms with van der Waals surface area (Å²) in [4.78, 5) is 11.9. The molecule has 3 nitrogen and oxygen atoms in total. The highest BCUT2D eigenvalue weighted by molar-refractivity contribution is 5.76. The third kappa shape index (κ3) is 4.97. The average molecular weight is 254 g/mol. The van der Waals surface area contributed by atoms with E-state index in [1.807, 2.05) is 0 Å². The second kappa shape index (κ2) is 6.55. The maximum atomic E-state index is 11.9. The fourth-order valence-electron chi connectivity index (χ4n) is 2.38. The fourth-order valence-corrected chi connectivity index (χ4v) is 2.38. The van der Waals surface area contributed by atoms with Gasteiger partial charge in [-0.05, 0) is 36.5 Å². The first-order valence-corrected chi connectivity index (χ1v) is 7.33. The van der Waals surface area contributed by atoms with Gasteiger partial charge in [0.15, 0.2) is 0 Å². The maximum absolute atomic E-state index is 11.9. The molecule has 3 heteroatoms. The normalized spacial score (nSPS) is 25.2. The van der Waals surface area contributed by atoms with Crippen molar-refractivity contribution in [3.63, 3.8) is 0 Å². The Bertz CT molecular complexity index is 274. The summed E-state index contributed by atoms with van der Waals surface area (Å²) in [6.45, 7) is 9.57. The van der Waals surface area contributed by atoms with E-state index in [4.69, 9.17) is 5.73 Å². The second-order valence-corrected chi connectivity index (χ2v) is 6.92. The van der Waals surface area contributed by atoms with Gasteiger partial charge in [-0.25, -0.2) is 0 Å². The molecule has 2 unspecified atom stereocenters. The van der Waals surface area contributed by atoms with Crippen LogP contribution in [0.3, 0.4) is 0 Å². The van der Waals surface area contributed by atoms with E-state index in [9.17, 15) is 4.79 Å². The lowest BCUT2D eigenvalue weighted by atomic mass is 9.81. The van der Waals surface area contributed by atoms with E-state index in [0.717, 1.165) is 25.8 Å². The van der Waals surface area contributed by atoms with Crippen LogP contribution in [-0.4, -0.2) is 18.5 Å².